The molecule has 1 aliphatic heterocycles. The molecule has 1 unspecified atom stereocenters. The summed E-state index contributed by atoms with van der Waals surface area (Å²) in [6.45, 7) is 6.39. The molecule has 1 atom stereocenters. The molecule has 0 aliphatic carbocycles. The monoisotopic (exact) mass is 303 g/mol. The van der Waals surface area contributed by atoms with Gasteiger partial charge in [0.2, 0.25) is 0 Å². The molecule has 0 bridgehead atoms. The molecule has 0 aromatic carbocycles. The van der Waals surface area contributed by atoms with Gasteiger partial charge in [0.05, 0.1) is 6.10 Å². The van der Waals surface area contributed by atoms with E-state index in [9.17, 15) is 0 Å². The molecule has 0 amide bonds. The molecular formula is C12H18BrNOS. The van der Waals surface area contributed by atoms with Gasteiger partial charge in [0.15, 0.2) is 0 Å². The van der Waals surface area contributed by atoms with E-state index >= 15 is 0 Å². The molecule has 0 N–H and O–H groups in total. The van der Waals surface area contributed by atoms with E-state index in [0.717, 1.165) is 26.2 Å². The van der Waals surface area contributed by atoms with E-state index in [0.29, 0.717) is 6.10 Å². The Morgan fingerprint density at radius 3 is 3.06 bits per heavy atom. The highest BCUT2D eigenvalue weighted by Crippen LogP contribution is 2.22. The normalized spacial score (nSPS) is 20.8. The first-order valence-corrected chi connectivity index (χ1v) is 7.52. The van der Waals surface area contributed by atoms with Gasteiger partial charge in [0, 0.05) is 34.4 Å². The second-order valence-electron chi connectivity index (χ2n) is 4.19. The van der Waals surface area contributed by atoms with Gasteiger partial charge >= 0.3 is 0 Å². The topological polar surface area (TPSA) is 12.5 Å². The lowest BCUT2D eigenvalue weighted by Gasteiger charge is -2.22. The summed E-state index contributed by atoms with van der Waals surface area (Å²) in [4.78, 5) is 3.89. The van der Waals surface area contributed by atoms with E-state index in [-0.39, 0.29) is 0 Å². The summed E-state index contributed by atoms with van der Waals surface area (Å²) in [6.07, 6.45) is 2.92. The zero-order chi connectivity index (χ0) is 11.4. The highest BCUT2D eigenvalue weighted by Gasteiger charge is 2.18. The smallest absolute Gasteiger partial charge is 0.0702 e. The summed E-state index contributed by atoms with van der Waals surface area (Å²) in [7, 11) is 0. The Bertz CT molecular complexity index is 323. The zero-order valence-corrected chi connectivity index (χ0v) is 12.0. The molecule has 0 saturated carbocycles. The summed E-state index contributed by atoms with van der Waals surface area (Å²) in [6, 6.07) is 2.21. The van der Waals surface area contributed by atoms with Crippen molar-refractivity contribution in [3.63, 3.8) is 0 Å². The summed E-state index contributed by atoms with van der Waals surface area (Å²) < 4.78 is 6.88. The van der Waals surface area contributed by atoms with E-state index in [1.165, 1.54) is 22.2 Å². The minimum absolute atomic E-state index is 0.461. The predicted octanol–water partition coefficient (Wildman–Crippen LogP) is 3.51. The lowest BCUT2D eigenvalue weighted by atomic mass is 10.2. The van der Waals surface area contributed by atoms with Crippen molar-refractivity contribution in [2.24, 2.45) is 0 Å². The Balaban J connectivity index is 1.84. The first kappa shape index (κ1) is 12.6. The number of rotatable bonds is 5. The fourth-order valence-electron chi connectivity index (χ4n) is 2.04. The lowest BCUT2D eigenvalue weighted by Crippen LogP contribution is -2.31. The van der Waals surface area contributed by atoms with Crippen LogP contribution in [0.5, 0.6) is 0 Å². The van der Waals surface area contributed by atoms with E-state index < -0.39 is 0 Å². The van der Waals surface area contributed by atoms with Crippen molar-refractivity contribution in [2.45, 2.75) is 32.4 Å². The third-order valence-corrected chi connectivity index (χ3v) is 4.62. The van der Waals surface area contributed by atoms with Crippen molar-refractivity contribution in [1.82, 2.24) is 4.90 Å². The van der Waals surface area contributed by atoms with Crippen molar-refractivity contribution in [3.8, 4) is 0 Å². The van der Waals surface area contributed by atoms with Crippen molar-refractivity contribution < 1.29 is 4.74 Å². The summed E-state index contributed by atoms with van der Waals surface area (Å²) >= 11 is 5.32. The molecule has 1 aromatic rings. The number of halogens is 1. The maximum Gasteiger partial charge on any atom is 0.0702 e. The number of hydrogen-bond acceptors (Lipinski definition) is 3. The maximum atomic E-state index is 5.68. The Labute approximate surface area is 110 Å². The summed E-state index contributed by atoms with van der Waals surface area (Å²) in [5, 5.41) is 2.15. The van der Waals surface area contributed by atoms with Crippen molar-refractivity contribution in [1.29, 1.82) is 0 Å². The lowest BCUT2D eigenvalue weighted by molar-refractivity contribution is 0.0728. The van der Waals surface area contributed by atoms with Crippen molar-refractivity contribution in [2.75, 3.05) is 19.7 Å². The van der Waals surface area contributed by atoms with E-state index in [1.807, 2.05) is 11.3 Å². The first-order chi connectivity index (χ1) is 7.78. The van der Waals surface area contributed by atoms with Crippen LogP contribution < -0.4 is 0 Å². The predicted molar refractivity (Wildman–Crippen MR) is 71.9 cm³/mol. The van der Waals surface area contributed by atoms with Gasteiger partial charge in [-0.05, 0) is 41.4 Å². The highest BCUT2D eigenvalue weighted by molar-refractivity contribution is 9.10. The zero-order valence-electron chi connectivity index (χ0n) is 9.62. The van der Waals surface area contributed by atoms with Crippen molar-refractivity contribution in [3.05, 3.63) is 20.8 Å². The SMILES string of the molecule is CCN(Cc1cc(Br)cs1)CC1CCCO1. The molecule has 4 heteroatoms. The van der Waals surface area contributed by atoms with Gasteiger partial charge in [0.25, 0.3) is 0 Å². The maximum absolute atomic E-state index is 5.68. The Morgan fingerprint density at radius 2 is 2.50 bits per heavy atom. The molecule has 90 valence electrons. The molecule has 1 saturated heterocycles. The van der Waals surface area contributed by atoms with Gasteiger partial charge in [0.1, 0.15) is 0 Å². The fourth-order valence-corrected chi connectivity index (χ4v) is 3.53. The molecule has 0 radical (unpaired) electrons. The molecule has 1 fully saturated rings. The summed E-state index contributed by atoms with van der Waals surface area (Å²) in [5.41, 5.74) is 0. The fraction of sp³-hybridized carbons (Fsp3) is 0.667. The quantitative estimate of drug-likeness (QED) is 0.825. The number of ether oxygens (including phenoxy) is 1. The van der Waals surface area contributed by atoms with Gasteiger partial charge in [-0.3, -0.25) is 4.90 Å². The third-order valence-electron chi connectivity index (χ3n) is 2.93. The highest BCUT2D eigenvalue weighted by atomic mass is 79.9. The molecule has 16 heavy (non-hydrogen) atoms. The van der Waals surface area contributed by atoms with Crippen LogP contribution in [0, 0.1) is 0 Å². The number of hydrogen-bond donors (Lipinski definition) is 0. The molecule has 2 rings (SSSR count). The van der Waals surface area contributed by atoms with Crippen LogP contribution in [0.2, 0.25) is 0 Å². The Kier molecular flexibility index (Phi) is 4.82. The van der Waals surface area contributed by atoms with Crippen LogP contribution >= 0.6 is 27.3 Å². The molecule has 1 aliphatic rings. The van der Waals surface area contributed by atoms with Crippen LogP contribution in [0.4, 0.5) is 0 Å². The Hall–Kier alpha value is 0.1000. The first-order valence-electron chi connectivity index (χ1n) is 5.85. The second kappa shape index (κ2) is 6.15. The molecule has 0 spiro atoms. The Morgan fingerprint density at radius 1 is 1.62 bits per heavy atom. The van der Waals surface area contributed by atoms with Crippen LogP contribution in [-0.2, 0) is 11.3 Å². The van der Waals surface area contributed by atoms with Crippen LogP contribution in [-0.4, -0.2) is 30.7 Å². The van der Waals surface area contributed by atoms with Gasteiger partial charge in [-0.25, -0.2) is 0 Å². The van der Waals surface area contributed by atoms with Gasteiger partial charge in [-0.2, -0.15) is 0 Å². The van der Waals surface area contributed by atoms with Gasteiger partial charge < -0.3 is 4.74 Å². The average molecular weight is 304 g/mol. The number of nitrogens with zero attached hydrogens (tertiary/aromatic N) is 1. The second-order valence-corrected chi connectivity index (χ2v) is 6.11. The van der Waals surface area contributed by atoms with Gasteiger partial charge in [-0.15, -0.1) is 11.3 Å². The summed E-state index contributed by atoms with van der Waals surface area (Å²) in [5.74, 6) is 0. The molecule has 2 nitrogen and oxygen atoms in total. The van der Waals surface area contributed by atoms with E-state index in [4.69, 9.17) is 4.74 Å². The van der Waals surface area contributed by atoms with E-state index in [2.05, 4.69) is 39.2 Å². The minimum atomic E-state index is 0.461. The number of thiophene rings is 1. The van der Waals surface area contributed by atoms with E-state index in [1.54, 1.807) is 0 Å². The third kappa shape index (κ3) is 3.55. The molecule has 1 aromatic heterocycles. The molecule has 2 heterocycles. The molecular weight excluding hydrogens is 286 g/mol. The van der Waals surface area contributed by atoms with Crippen LogP contribution in [0.25, 0.3) is 0 Å². The van der Waals surface area contributed by atoms with Crippen LogP contribution in [0.1, 0.15) is 24.6 Å². The minimum Gasteiger partial charge on any atom is -0.377 e. The standard InChI is InChI=1S/C12H18BrNOS/c1-2-14(7-11-4-3-5-15-11)8-12-6-10(13)9-16-12/h6,9,11H,2-5,7-8H2,1H3. The average Bonchev–Trinajstić information content (AvgIpc) is 2.89. The largest absolute Gasteiger partial charge is 0.377 e. The van der Waals surface area contributed by atoms with Crippen LogP contribution in [0.3, 0.4) is 0 Å². The van der Waals surface area contributed by atoms with Crippen molar-refractivity contribution >= 4 is 27.3 Å². The van der Waals surface area contributed by atoms with Crippen LogP contribution in [0.15, 0.2) is 15.9 Å². The number of likely N-dealkylation sites (N-methyl/N-ethyl adjacent to an activating group) is 1. The van der Waals surface area contributed by atoms with Gasteiger partial charge in [-0.1, -0.05) is 6.92 Å².